The van der Waals surface area contributed by atoms with Crippen LogP contribution in [0.3, 0.4) is 0 Å². The molecule has 1 saturated carbocycles. The molecule has 2 N–H and O–H groups in total. The van der Waals surface area contributed by atoms with Gasteiger partial charge in [-0.05, 0) is 36.2 Å². The zero-order valence-corrected chi connectivity index (χ0v) is 17.4. The average Bonchev–Trinajstić information content (AvgIpc) is 2.67. The highest BCUT2D eigenvalue weighted by Crippen LogP contribution is 2.43. The molecule has 0 unspecified atom stereocenters. The number of alkyl halides is 5. The van der Waals surface area contributed by atoms with Gasteiger partial charge in [0.2, 0.25) is 11.8 Å². The van der Waals surface area contributed by atoms with Crippen LogP contribution in [0.15, 0.2) is 35.3 Å². The molecule has 0 bridgehead atoms. The fraction of sp³-hybridized carbons (Fsp3) is 0.429. The van der Waals surface area contributed by atoms with Gasteiger partial charge in [-0.25, -0.2) is 8.78 Å². The van der Waals surface area contributed by atoms with E-state index in [0.717, 1.165) is 0 Å². The van der Waals surface area contributed by atoms with Gasteiger partial charge in [0.25, 0.3) is 5.56 Å². The molecule has 6 nitrogen and oxygen atoms in total. The highest BCUT2D eigenvalue weighted by Gasteiger charge is 2.48. The topological polar surface area (TPSA) is 72.4 Å². The number of carbonyl (C=O) groups excluding carboxylic acids is 1. The summed E-state index contributed by atoms with van der Waals surface area (Å²) < 4.78 is 68.0. The normalized spacial score (nSPS) is 15.8. The maximum atomic E-state index is 13.1. The Hall–Kier alpha value is -2.95. The van der Waals surface area contributed by atoms with Crippen LogP contribution < -0.4 is 16.2 Å². The van der Waals surface area contributed by atoms with E-state index in [0.29, 0.717) is 22.4 Å². The molecule has 32 heavy (non-hydrogen) atoms. The summed E-state index contributed by atoms with van der Waals surface area (Å²) in [4.78, 5) is 24.2. The Morgan fingerprint density at radius 1 is 1.19 bits per heavy atom. The Morgan fingerprint density at radius 2 is 1.88 bits per heavy atom. The SMILES string of the molecule is Cc1cc(-c2ccc(NC(=O)C3CC(F)(F)C3)c(NCCOC(F)(F)F)c2)cn(C)c1=O. The fourth-order valence-electron chi connectivity index (χ4n) is 3.45. The van der Waals surface area contributed by atoms with E-state index in [1.165, 1.54) is 10.6 Å². The van der Waals surface area contributed by atoms with Crippen molar-refractivity contribution >= 4 is 17.3 Å². The van der Waals surface area contributed by atoms with Crippen LogP contribution in [0.5, 0.6) is 0 Å². The fourth-order valence-corrected chi connectivity index (χ4v) is 3.45. The van der Waals surface area contributed by atoms with Crippen LogP contribution in [0, 0.1) is 12.8 Å². The molecule has 0 saturated heterocycles. The molecule has 3 rings (SSSR count). The van der Waals surface area contributed by atoms with Gasteiger partial charge in [0.05, 0.1) is 18.0 Å². The second kappa shape index (κ2) is 8.89. The van der Waals surface area contributed by atoms with Gasteiger partial charge in [0.15, 0.2) is 0 Å². The monoisotopic (exact) mass is 459 g/mol. The predicted octanol–water partition coefficient (Wildman–Crippen LogP) is 4.29. The number of aryl methyl sites for hydroxylation is 2. The lowest BCUT2D eigenvalue weighted by Crippen LogP contribution is -2.42. The van der Waals surface area contributed by atoms with Crippen LogP contribution in [-0.4, -0.2) is 35.9 Å². The highest BCUT2D eigenvalue weighted by atomic mass is 19.4. The van der Waals surface area contributed by atoms with Crippen LogP contribution in [0.2, 0.25) is 0 Å². The number of carbonyl (C=O) groups is 1. The van der Waals surface area contributed by atoms with Gasteiger partial charge < -0.3 is 15.2 Å². The van der Waals surface area contributed by atoms with Crippen LogP contribution in [0.25, 0.3) is 11.1 Å². The van der Waals surface area contributed by atoms with Gasteiger partial charge in [-0.15, -0.1) is 13.2 Å². The number of hydrogen-bond donors (Lipinski definition) is 2. The first-order valence-electron chi connectivity index (χ1n) is 9.79. The second-order valence-electron chi connectivity index (χ2n) is 7.76. The molecule has 1 aromatic heterocycles. The number of anilines is 2. The number of halogens is 5. The van der Waals surface area contributed by atoms with E-state index >= 15 is 0 Å². The van der Waals surface area contributed by atoms with Crippen molar-refractivity contribution in [3.8, 4) is 11.1 Å². The third-order valence-corrected chi connectivity index (χ3v) is 5.12. The van der Waals surface area contributed by atoms with Crippen molar-refractivity contribution in [2.24, 2.45) is 13.0 Å². The standard InChI is InChI=1S/C21H22F5N3O3/c1-12-7-14(11-29(2)19(12)31)13-3-4-16(28-18(30)15-9-20(22,23)10-15)17(8-13)27-5-6-32-21(24,25)26/h3-4,7-8,11,15,27H,5-6,9-10H2,1-2H3,(H,28,30). The Bertz CT molecular complexity index is 1030. The molecule has 0 spiro atoms. The number of nitrogens with zero attached hydrogens (tertiary/aromatic N) is 1. The number of ether oxygens (including phenoxy) is 1. The molecule has 1 fully saturated rings. The number of nitrogens with one attached hydrogen (secondary N) is 2. The molecule has 1 aromatic carbocycles. The van der Waals surface area contributed by atoms with Crippen molar-refractivity contribution in [2.75, 3.05) is 23.8 Å². The summed E-state index contributed by atoms with van der Waals surface area (Å²) in [5.41, 5.74) is 2.17. The molecule has 1 amide bonds. The highest BCUT2D eigenvalue weighted by molar-refractivity contribution is 5.97. The quantitative estimate of drug-likeness (QED) is 0.479. The molecule has 1 aliphatic rings. The smallest absolute Gasteiger partial charge is 0.381 e. The summed E-state index contributed by atoms with van der Waals surface area (Å²) in [6.45, 7) is 0.761. The van der Waals surface area contributed by atoms with Crippen molar-refractivity contribution in [3.63, 3.8) is 0 Å². The lowest BCUT2D eigenvalue weighted by atomic mass is 9.80. The second-order valence-corrected chi connectivity index (χ2v) is 7.76. The zero-order chi connectivity index (χ0) is 23.7. The van der Waals surface area contributed by atoms with Gasteiger partial charge >= 0.3 is 6.36 Å². The first kappa shape index (κ1) is 23.7. The van der Waals surface area contributed by atoms with E-state index in [1.54, 1.807) is 38.4 Å². The lowest BCUT2D eigenvalue weighted by molar-refractivity contribution is -0.322. The van der Waals surface area contributed by atoms with Gasteiger partial charge in [-0.1, -0.05) is 6.07 Å². The maximum absolute atomic E-state index is 13.1. The number of amides is 1. The number of hydrogen-bond acceptors (Lipinski definition) is 4. The van der Waals surface area contributed by atoms with Gasteiger partial charge in [-0.3, -0.25) is 14.3 Å². The van der Waals surface area contributed by atoms with E-state index in [2.05, 4.69) is 15.4 Å². The van der Waals surface area contributed by atoms with Gasteiger partial charge in [0.1, 0.15) is 0 Å². The number of benzene rings is 1. The van der Waals surface area contributed by atoms with E-state index in [-0.39, 0.29) is 17.8 Å². The molecular weight excluding hydrogens is 437 g/mol. The number of aromatic nitrogens is 1. The molecule has 11 heteroatoms. The Kier molecular flexibility index (Phi) is 6.59. The first-order chi connectivity index (χ1) is 14.8. The predicted molar refractivity (Wildman–Crippen MR) is 109 cm³/mol. The molecule has 1 heterocycles. The zero-order valence-electron chi connectivity index (χ0n) is 17.4. The summed E-state index contributed by atoms with van der Waals surface area (Å²) >= 11 is 0. The Balaban J connectivity index is 1.83. The van der Waals surface area contributed by atoms with Crippen LogP contribution in [0.1, 0.15) is 18.4 Å². The maximum Gasteiger partial charge on any atom is 0.522 e. The summed E-state index contributed by atoms with van der Waals surface area (Å²) in [5, 5.41) is 5.34. The molecule has 0 aliphatic heterocycles. The van der Waals surface area contributed by atoms with E-state index in [9.17, 15) is 31.5 Å². The molecule has 0 radical (unpaired) electrons. The minimum atomic E-state index is -4.78. The van der Waals surface area contributed by atoms with E-state index in [4.69, 9.17) is 0 Å². The first-order valence-corrected chi connectivity index (χ1v) is 9.79. The molecule has 2 aromatic rings. The van der Waals surface area contributed by atoms with Crippen molar-refractivity contribution in [2.45, 2.75) is 32.1 Å². The number of rotatable bonds is 7. The van der Waals surface area contributed by atoms with Gasteiger partial charge in [-0.2, -0.15) is 0 Å². The van der Waals surface area contributed by atoms with Crippen molar-refractivity contribution in [1.29, 1.82) is 0 Å². The van der Waals surface area contributed by atoms with Crippen LogP contribution in [0.4, 0.5) is 33.3 Å². The van der Waals surface area contributed by atoms with E-state index < -0.39 is 43.6 Å². The minimum absolute atomic E-state index is 0.169. The minimum Gasteiger partial charge on any atom is -0.381 e. The Labute approximate surface area is 180 Å². The van der Waals surface area contributed by atoms with Crippen LogP contribution >= 0.6 is 0 Å². The lowest BCUT2D eigenvalue weighted by Gasteiger charge is -2.33. The van der Waals surface area contributed by atoms with Crippen molar-refractivity contribution in [1.82, 2.24) is 4.57 Å². The average molecular weight is 459 g/mol. The molecule has 174 valence electrons. The largest absolute Gasteiger partial charge is 0.522 e. The van der Waals surface area contributed by atoms with Crippen LogP contribution in [-0.2, 0) is 16.6 Å². The summed E-state index contributed by atoms with van der Waals surface area (Å²) in [6, 6.07) is 6.44. The molecular formula is C21H22F5N3O3. The third kappa shape index (κ3) is 5.84. The van der Waals surface area contributed by atoms with Crippen molar-refractivity contribution < 1.29 is 31.5 Å². The third-order valence-electron chi connectivity index (χ3n) is 5.12. The summed E-state index contributed by atoms with van der Waals surface area (Å²) in [7, 11) is 1.59. The molecule has 1 aliphatic carbocycles. The van der Waals surface area contributed by atoms with Gasteiger partial charge in [0, 0.05) is 44.1 Å². The molecule has 0 atom stereocenters. The number of pyridine rings is 1. The Morgan fingerprint density at radius 3 is 2.47 bits per heavy atom. The summed E-state index contributed by atoms with van der Waals surface area (Å²) in [6.07, 6.45) is -4.26. The van der Waals surface area contributed by atoms with E-state index in [1.807, 2.05) is 0 Å². The van der Waals surface area contributed by atoms with Crippen molar-refractivity contribution in [3.05, 3.63) is 46.4 Å². The summed E-state index contributed by atoms with van der Waals surface area (Å²) in [5.74, 6) is -4.28.